The number of carbonyl (C=O) groups excluding carboxylic acids is 1. The molecule has 2 unspecified atom stereocenters. The number of ether oxygens (including phenoxy) is 1. The molecule has 0 saturated carbocycles. The van der Waals surface area contributed by atoms with Crippen LogP contribution in [0.25, 0.3) is 0 Å². The minimum atomic E-state index is -3.01. The fraction of sp³-hybridized carbons (Fsp3) is 0.462. The molecule has 2 fully saturated rings. The van der Waals surface area contributed by atoms with E-state index in [2.05, 4.69) is 0 Å². The molecule has 3 rings (SSSR count). The summed E-state index contributed by atoms with van der Waals surface area (Å²) in [7, 11) is -1.52. The zero-order valence-corrected chi connectivity index (χ0v) is 12.4. The Morgan fingerprint density at radius 3 is 2.75 bits per heavy atom. The van der Waals surface area contributed by atoms with Gasteiger partial charge in [0.2, 0.25) is 0 Å². The highest BCUT2D eigenvalue weighted by Gasteiger charge is 2.50. The summed E-state index contributed by atoms with van der Waals surface area (Å²) in [5.41, 5.74) is 0.380. The van der Waals surface area contributed by atoms with E-state index in [1.807, 2.05) is 0 Å². The average Bonchev–Trinajstić information content (AvgIpc) is 2.93. The fourth-order valence-corrected chi connectivity index (χ4v) is 5.15. The van der Waals surface area contributed by atoms with Crippen molar-refractivity contribution in [3.63, 3.8) is 0 Å². The SMILES string of the molecule is COc1ccc(Cl)cc1C(=O)N1CC2CC1CS2(=O)=O. The second kappa shape index (κ2) is 4.63. The molecular weight excluding hydrogens is 302 g/mol. The van der Waals surface area contributed by atoms with Crippen LogP contribution in [0.1, 0.15) is 16.8 Å². The molecule has 2 aliphatic rings. The Morgan fingerprint density at radius 2 is 2.20 bits per heavy atom. The molecule has 2 saturated heterocycles. The van der Waals surface area contributed by atoms with E-state index in [0.29, 0.717) is 22.8 Å². The summed E-state index contributed by atoms with van der Waals surface area (Å²) in [6, 6.07) is 4.63. The normalized spacial score (nSPS) is 26.8. The van der Waals surface area contributed by atoms with E-state index in [1.165, 1.54) is 7.11 Å². The summed E-state index contributed by atoms with van der Waals surface area (Å²) in [6.07, 6.45) is 0.539. The Kier molecular flexibility index (Phi) is 3.17. The number of sulfone groups is 1. The van der Waals surface area contributed by atoms with Gasteiger partial charge in [-0.2, -0.15) is 0 Å². The number of methoxy groups -OCH3 is 1. The number of fused-ring (bicyclic) bond motifs is 2. The largest absolute Gasteiger partial charge is 0.496 e. The van der Waals surface area contributed by atoms with Gasteiger partial charge in [-0.05, 0) is 24.6 Å². The van der Waals surface area contributed by atoms with Crippen LogP contribution in [0, 0.1) is 0 Å². The van der Waals surface area contributed by atoms with Gasteiger partial charge in [0.1, 0.15) is 5.75 Å². The highest BCUT2D eigenvalue weighted by Crippen LogP contribution is 2.35. The van der Waals surface area contributed by atoms with Crippen LogP contribution in [-0.4, -0.2) is 49.9 Å². The molecule has 108 valence electrons. The lowest BCUT2D eigenvalue weighted by Crippen LogP contribution is -2.44. The molecule has 0 N–H and O–H groups in total. The van der Waals surface area contributed by atoms with Crippen molar-refractivity contribution in [2.24, 2.45) is 0 Å². The Labute approximate surface area is 122 Å². The van der Waals surface area contributed by atoms with Crippen LogP contribution < -0.4 is 4.74 Å². The van der Waals surface area contributed by atoms with Gasteiger partial charge < -0.3 is 9.64 Å². The first kappa shape index (κ1) is 13.7. The van der Waals surface area contributed by atoms with E-state index in [4.69, 9.17) is 16.3 Å². The van der Waals surface area contributed by atoms with E-state index in [0.717, 1.165) is 0 Å². The molecule has 0 aliphatic carbocycles. The van der Waals surface area contributed by atoms with E-state index in [1.54, 1.807) is 23.1 Å². The van der Waals surface area contributed by atoms with E-state index in [9.17, 15) is 13.2 Å². The molecule has 1 aromatic rings. The van der Waals surface area contributed by atoms with Crippen molar-refractivity contribution < 1.29 is 17.9 Å². The van der Waals surface area contributed by atoms with Crippen LogP contribution in [0.4, 0.5) is 0 Å². The van der Waals surface area contributed by atoms with Crippen LogP contribution in [0.5, 0.6) is 5.75 Å². The summed E-state index contributed by atoms with van der Waals surface area (Å²) >= 11 is 5.93. The Hall–Kier alpha value is -1.27. The summed E-state index contributed by atoms with van der Waals surface area (Å²) in [5.74, 6) is 0.295. The number of amides is 1. The Morgan fingerprint density at radius 1 is 1.45 bits per heavy atom. The van der Waals surface area contributed by atoms with Crippen molar-refractivity contribution in [3.05, 3.63) is 28.8 Å². The molecule has 2 bridgehead atoms. The zero-order valence-electron chi connectivity index (χ0n) is 10.9. The molecule has 0 radical (unpaired) electrons. The first-order chi connectivity index (χ1) is 9.42. The fourth-order valence-electron chi connectivity index (χ4n) is 2.95. The second-order valence-corrected chi connectivity index (χ2v) is 7.91. The van der Waals surface area contributed by atoms with E-state index in [-0.39, 0.29) is 24.2 Å². The molecule has 1 aromatic carbocycles. The van der Waals surface area contributed by atoms with E-state index >= 15 is 0 Å². The monoisotopic (exact) mass is 315 g/mol. The van der Waals surface area contributed by atoms with Crippen LogP contribution in [-0.2, 0) is 9.84 Å². The van der Waals surface area contributed by atoms with Crippen LogP contribution >= 0.6 is 11.6 Å². The van der Waals surface area contributed by atoms with Crippen LogP contribution in [0.3, 0.4) is 0 Å². The van der Waals surface area contributed by atoms with Gasteiger partial charge in [-0.3, -0.25) is 4.79 Å². The molecule has 2 heterocycles. The predicted molar refractivity (Wildman–Crippen MR) is 75.0 cm³/mol. The van der Waals surface area contributed by atoms with Gasteiger partial charge in [0.25, 0.3) is 5.91 Å². The third-order valence-electron chi connectivity index (χ3n) is 3.96. The first-order valence-corrected chi connectivity index (χ1v) is 8.38. The van der Waals surface area contributed by atoms with Crippen molar-refractivity contribution in [1.82, 2.24) is 4.90 Å². The number of halogens is 1. The van der Waals surface area contributed by atoms with Crippen LogP contribution in [0.2, 0.25) is 5.02 Å². The lowest BCUT2D eigenvalue weighted by molar-refractivity contribution is 0.0742. The minimum Gasteiger partial charge on any atom is -0.496 e. The third kappa shape index (κ3) is 2.07. The number of nitrogens with zero attached hydrogens (tertiary/aromatic N) is 1. The molecule has 0 spiro atoms. The second-order valence-electron chi connectivity index (χ2n) is 5.14. The minimum absolute atomic E-state index is 0.0618. The number of rotatable bonds is 2. The maximum absolute atomic E-state index is 12.6. The third-order valence-corrected chi connectivity index (χ3v) is 6.40. The molecule has 20 heavy (non-hydrogen) atoms. The van der Waals surface area contributed by atoms with Gasteiger partial charge in [-0.25, -0.2) is 8.42 Å². The Balaban J connectivity index is 1.90. The first-order valence-electron chi connectivity index (χ1n) is 6.28. The topological polar surface area (TPSA) is 63.7 Å². The number of likely N-dealkylation sites (tertiary alicyclic amines) is 1. The molecular formula is C13H14ClNO4S. The van der Waals surface area contributed by atoms with Gasteiger partial charge in [0, 0.05) is 17.6 Å². The number of carbonyl (C=O) groups is 1. The van der Waals surface area contributed by atoms with Gasteiger partial charge in [-0.15, -0.1) is 0 Å². The number of hydrogen-bond acceptors (Lipinski definition) is 4. The van der Waals surface area contributed by atoms with Crippen molar-refractivity contribution in [2.45, 2.75) is 17.7 Å². The van der Waals surface area contributed by atoms with Crippen molar-refractivity contribution in [2.75, 3.05) is 19.4 Å². The smallest absolute Gasteiger partial charge is 0.257 e. The van der Waals surface area contributed by atoms with Gasteiger partial charge in [0.05, 0.1) is 23.7 Å². The van der Waals surface area contributed by atoms with Crippen molar-refractivity contribution in [1.29, 1.82) is 0 Å². The lowest BCUT2D eigenvalue weighted by atomic mass is 10.1. The molecule has 1 amide bonds. The lowest BCUT2D eigenvalue weighted by Gasteiger charge is -2.27. The van der Waals surface area contributed by atoms with Gasteiger partial charge in [-0.1, -0.05) is 11.6 Å². The maximum atomic E-state index is 12.6. The molecule has 2 atom stereocenters. The molecule has 2 aliphatic heterocycles. The number of hydrogen-bond donors (Lipinski definition) is 0. The summed E-state index contributed by atoms with van der Waals surface area (Å²) in [6.45, 7) is 0.265. The van der Waals surface area contributed by atoms with E-state index < -0.39 is 15.1 Å². The summed E-state index contributed by atoms with van der Waals surface area (Å²) in [5, 5.41) is 0.0350. The highest BCUT2D eigenvalue weighted by atomic mass is 35.5. The standard InChI is InChI=1S/C13H14ClNO4S/c1-19-12-3-2-8(14)4-11(12)13(16)15-6-10-5-9(15)7-20(10,17)18/h2-4,9-10H,5-7H2,1H3. The highest BCUT2D eigenvalue weighted by molar-refractivity contribution is 7.92. The van der Waals surface area contributed by atoms with Crippen molar-refractivity contribution in [3.8, 4) is 5.75 Å². The summed E-state index contributed by atoms with van der Waals surface area (Å²) < 4.78 is 28.6. The van der Waals surface area contributed by atoms with Crippen molar-refractivity contribution >= 4 is 27.3 Å². The zero-order chi connectivity index (χ0) is 14.5. The van der Waals surface area contributed by atoms with Gasteiger partial charge >= 0.3 is 0 Å². The maximum Gasteiger partial charge on any atom is 0.257 e. The van der Waals surface area contributed by atoms with Gasteiger partial charge in [0.15, 0.2) is 9.84 Å². The molecule has 7 heteroatoms. The number of benzene rings is 1. The predicted octanol–water partition coefficient (Wildman–Crippen LogP) is 1.36. The average molecular weight is 316 g/mol. The Bertz CT molecular complexity index is 673. The molecule has 5 nitrogen and oxygen atoms in total. The quantitative estimate of drug-likeness (QED) is 0.826. The molecule has 0 aromatic heterocycles. The van der Waals surface area contributed by atoms with Crippen LogP contribution in [0.15, 0.2) is 18.2 Å². The summed E-state index contributed by atoms with van der Waals surface area (Å²) in [4.78, 5) is 14.2.